The molecule has 6 heteroatoms. The third kappa shape index (κ3) is 2.38. The first-order valence-corrected chi connectivity index (χ1v) is 6.81. The molecule has 2 rings (SSSR count). The van der Waals surface area contributed by atoms with E-state index in [-0.39, 0.29) is 23.5 Å². The number of thioether (sulfide) groups is 1. The Hall–Kier alpha value is -1.43. The van der Waals surface area contributed by atoms with Crippen molar-refractivity contribution in [2.45, 2.75) is 25.1 Å². The topological polar surface area (TPSA) is 70.8 Å². The SMILES string of the molecule is CC1SCCN(C(=O)c2ccc(C(=O)O)o2)C1C. The molecule has 1 aliphatic heterocycles. The molecule has 98 valence electrons. The zero-order valence-electron chi connectivity index (χ0n) is 10.3. The summed E-state index contributed by atoms with van der Waals surface area (Å²) in [6.45, 7) is 4.74. The van der Waals surface area contributed by atoms with Crippen LogP contribution in [0, 0.1) is 0 Å². The lowest BCUT2D eigenvalue weighted by molar-refractivity contribution is 0.0633. The lowest BCUT2D eigenvalue weighted by Gasteiger charge is -2.36. The molecular formula is C12H15NO4S. The maximum atomic E-state index is 12.2. The summed E-state index contributed by atoms with van der Waals surface area (Å²) >= 11 is 1.83. The number of carbonyl (C=O) groups is 2. The molecule has 1 aromatic rings. The van der Waals surface area contributed by atoms with Crippen molar-refractivity contribution in [2.24, 2.45) is 0 Å². The van der Waals surface area contributed by atoms with Gasteiger partial charge in [0.15, 0.2) is 5.76 Å². The number of hydrogen-bond donors (Lipinski definition) is 1. The lowest BCUT2D eigenvalue weighted by atomic mass is 10.2. The lowest BCUT2D eigenvalue weighted by Crippen LogP contribution is -2.47. The zero-order chi connectivity index (χ0) is 13.3. The first-order chi connectivity index (χ1) is 8.50. The van der Waals surface area contributed by atoms with Gasteiger partial charge in [0.25, 0.3) is 5.91 Å². The second-order valence-electron chi connectivity index (χ2n) is 4.28. The number of aromatic carboxylic acids is 1. The van der Waals surface area contributed by atoms with Crippen molar-refractivity contribution in [3.8, 4) is 0 Å². The van der Waals surface area contributed by atoms with Crippen molar-refractivity contribution in [1.82, 2.24) is 4.90 Å². The quantitative estimate of drug-likeness (QED) is 0.888. The van der Waals surface area contributed by atoms with Gasteiger partial charge < -0.3 is 14.4 Å². The van der Waals surface area contributed by atoms with Crippen molar-refractivity contribution < 1.29 is 19.1 Å². The fourth-order valence-corrected chi connectivity index (χ4v) is 3.03. The fourth-order valence-electron chi connectivity index (χ4n) is 1.93. The van der Waals surface area contributed by atoms with Crippen LogP contribution in [0.15, 0.2) is 16.5 Å². The van der Waals surface area contributed by atoms with Crippen LogP contribution in [0.25, 0.3) is 0 Å². The summed E-state index contributed by atoms with van der Waals surface area (Å²) in [5.41, 5.74) is 0. The fraction of sp³-hybridized carbons (Fsp3) is 0.500. The molecule has 0 spiro atoms. The van der Waals surface area contributed by atoms with E-state index in [1.54, 1.807) is 4.90 Å². The summed E-state index contributed by atoms with van der Waals surface area (Å²) in [4.78, 5) is 24.7. The standard InChI is InChI=1S/C12H15NO4S/c1-7-8(2)18-6-5-13(7)11(14)9-3-4-10(17-9)12(15)16/h3-4,7-8H,5-6H2,1-2H3,(H,15,16). The van der Waals surface area contributed by atoms with E-state index < -0.39 is 5.97 Å². The molecule has 1 fully saturated rings. The van der Waals surface area contributed by atoms with Gasteiger partial charge in [0.1, 0.15) is 0 Å². The predicted octanol–water partition coefficient (Wildman–Crippen LogP) is 1.94. The molecular weight excluding hydrogens is 254 g/mol. The second-order valence-corrected chi connectivity index (χ2v) is 5.77. The van der Waals surface area contributed by atoms with Crippen LogP contribution in [0.2, 0.25) is 0 Å². The zero-order valence-corrected chi connectivity index (χ0v) is 11.1. The number of amides is 1. The minimum Gasteiger partial charge on any atom is -0.475 e. The van der Waals surface area contributed by atoms with E-state index in [2.05, 4.69) is 6.92 Å². The number of furan rings is 1. The van der Waals surface area contributed by atoms with Crippen molar-refractivity contribution in [1.29, 1.82) is 0 Å². The molecule has 1 aromatic heterocycles. The number of nitrogens with zero attached hydrogens (tertiary/aromatic N) is 1. The van der Waals surface area contributed by atoms with Crippen LogP contribution in [-0.4, -0.2) is 45.5 Å². The third-order valence-electron chi connectivity index (χ3n) is 3.17. The Morgan fingerprint density at radius 1 is 1.39 bits per heavy atom. The second kappa shape index (κ2) is 5.06. The molecule has 0 aliphatic carbocycles. The highest BCUT2D eigenvalue weighted by molar-refractivity contribution is 8.00. The van der Waals surface area contributed by atoms with Crippen LogP contribution in [0.4, 0.5) is 0 Å². The minimum absolute atomic E-state index is 0.0957. The smallest absolute Gasteiger partial charge is 0.371 e. The summed E-state index contributed by atoms with van der Waals surface area (Å²) < 4.78 is 5.05. The van der Waals surface area contributed by atoms with Gasteiger partial charge >= 0.3 is 5.97 Å². The van der Waals surface area contributed by atoms with Gasteiger partial charge in [0, 0.05) is 23.6 Å². The Bertz CT molecular complexity index is 470. The average Bonchev–Trinajstić information content (AvgIpc) is 2.81. The maximum absolute atomic E-state index is 12.2. The molecule has 1 saturated heterocycles. The Morgan fingerprint density at radius 2 is 2.06 bits per heavy atom. The number of carbonyl (C=O) groups excluding carboxylic acids is 1. The van der Waals surface area contributed by atoms with Gasteiger partial charge in [-0.05, 0) is 19.1 Å². The van der Waals surface area contributed by atoms with Crippen molar-refractivity contribution in [3.63, 3.8) is 0 Å². The molecule has 1 aliphatic rings. The monoisotopic (exact) mass is 269 g/mol. The Balaban J connectivity index is 2.17. The summed E-state index contributed by atoms with van der Waals surface area (Å²) in [5, 5.41) is 9.13. The van der Waals surface area contributed by atoms with Crippen molar-refractivity contribution in [2.75, 3.05) is 12.3 Å². The van der Waals surface area contributed by atoms with Crippen LogP contribution in [0.3, 0.4) is 0 Å². The molecule has 0 saturated carbocycles. The van der Waals surface area contributed by atoms with Gasteiger partial charge in [-0.3, -0.25) is 4.79 Å². The third-order valence-corrected chi connectivity index (χ3v) is 4.51. The predicted molar refractivity (Wildman–Crippen MR) is 68.1 cm³/mol. The number of carboxylic acid groups (broad SMARTS) is 1. The van der Waals surface area contributed by atoms with Gasteiger partial charge in [0.2, 0.25) is 5.76 Å². The van der Waals surface area contributed by atoms with E-state index >= 15 is 0 Å². The van der Waals surface area contributed by atoms with Crippen LogP contribution >= 0.6 is 11.8 Å². The Morgan fingerprint density at radius 3 is 2.67 bits per heavy atom. The van der Waals surface area contributed by atoms with Gasteiger partial charge in [0.05, 0.1) is 0 Å². The van der Waals surface area contributed by atoms with Crippen molar-refractivity contribution in [3.05, 3.63) is 23.7 Å². The molecule has 0 bridgehead atoms. The van der Waals surface area contributed by atoms with Crippen LogP contribution in [-0.2, 0) is 0 Å². The van der Waals surface area contributed by atoms with E-state index in [0.29, 0.717) is 11.8 Å². The normalized spacial score (nSPS) is 24.0. The average molecular weight is 269 g/mol. The number of hydrogen-bond acceptors (Lipinski definition) is 4. The Labute approximate surface area is 109 Å². The molecule has 1 amide bonds. The summed E-state index contributed by atoms with van der Waals surface area (Å²) in [5.74, 6) is -0.611. The number of carboxylic acids is 1. The van der Waals surface area contributed by atoms with E-state index in [4.69, 9.17) is 9.52 Å². The summed E-state index contributed by atoms with van der Waals surface area (Å²) in [7, 11) is 0. The molecule has 2 heterocycles. The van der Waals surface area contributed by atoms with Crippen LogP contribution in [0.1, 0.15) is 35.0 Å². The first-order valence-electron chi connectivity index (χ1n) is 5.76. The highest BCUT2D eigenvalue weighted by atomic mass is 32.2. The van der Waals surface area contributed by atoms with E-state index in [9.17, 15) is 9.59 Å². The molecule has 0 radical (unpaired) electrons. The van der Waals surface area contributed by atoms with Gasteiger partial charge in [-0.1, -0.05) is 6.92 Å². The van der Waals surface area contributed by atoms with Crippen LogP contribution in [0.5, 0.6) is 0 Å². The molecule has 0 aromatic carbocycles. The minimum atomic E-state index is -1.16. The highest BCUT2D eigenvalue weighted by Crippen LogP contribution is 2.26. The summed E-state index contributed by atoms with van der Waals surface area (Å²) in [6.07, 6.45) is 0. The largest absolute Gasteiger partial charge is 0.475 e. The molecule has 2 atom stereocenters. The highest BCUT2D eigenvalue weighted by Gasteiger charge is 2.31. The van der Waals surface area contributed by atoms with Gasteiger partial charge in [-0.25, -0.2) is 4.79 Å². The van der Waals surface area contributed by atoms with Crippen LogP contribution < -0.4 is 0 Å². The molecule has 2 unspecified atom stereocenters. The van der Waals surface area contributed by atoms with E-state index in [0.717, 1.165) is 5.75 Å². The van der Waals surface area contributed by atoms with Gasteiger partial charge in [-0.2, -0.15) is 11.8 Å². The Kier molecular flexibility index (Phi) is 3.65. The van der Waals surface area contributed by atoms with E-state index in [1.807, 2.05) is 18.7 Å². The number of rotatable bonds is 2. The summed E-state index contributed by atoms with van der Waals surface area (Å²) in [6, 6.07) is 2.85. The first kappa shape index (κ1) is 13.0. The maximum Gasteiger partial charge on any atom is 0.371 e. The molecule has 1 N–H and O–H groups in total. The van der Waals surface area contributed by atoms with Crippen molar-refractivity contribution >= 4 is 23.6 Å². The van der Waals surface area contributed by atoms with E-state index in [1.165, 1.54) is 12.1 Å². The molecule has 18 heavy (non-hydrogen) atoms. The molecule has 5 nitrogen and oxygen atoms in total. The van der Waals surface area contributed by atoms with Gasteiger partial charge in [-0.15, -0.1) is 0 Å².